The van der Waals surface area contributed by atoms with E-state index in [1.807, 2.05) is 61.7 Å². The molecular weight excluding hydrogens is 700 g/mol. The molecule has 6 atom stereocenters. The topological polar surface area (TPSA) is 122 Å². The molecule has 2 saturated heterocycles. The first-order chi connectivity index (χ1) is 25.8. The van der Waals surface area contributed by atoms with Gasteiger partial charge >= 0.3 is 0 Å². The lowest BCUT2D eigenvalue weighted by Crippen LogP contribution is -2.45. The number of allylic oxidation sites excluding steroid dienone is 3. The molecule has 0 saturated carbocycles. The van der Waals surface area contributed by atoms with Crippen molar-refractivity contribution in [3.8, 4) is 0 Å². The molecule has 2 amide bonds. The maximum Gasteiger partial charge on any atom is 0.264 e. The van der Waals surface area contributed by atoms with Crippen molar-refractivity contribution >= 4 is 31.6 Å². The predicted molar refractivity (Wildman–Crippen MR) is 214 cm³/mol. The number of nitrogens with zero attached hydrogens (tertiary/aromatic N) is 4. The number of piperidine rings is 1. The van der Waals surface area contributed by atoms with Gasteiger partial charge in [-0.3, -0.25) is 14.3 Å². The van der Waals surface area contributed by atoms with Crippen LogP contribution in [0.1, 0.15) is 82.5 Å². The first kappa shape index (κ1) is 39.7. The number of aromatic nitrogens is 3. The molecule has 3 aromatic rings. The minimum atomic E-state index is -3.41. The number of benzene rings is 2. The van der Waals surface area contributed by atoms with Crippen molar-refractivity contribution < 1.29 is 23.5 Å². The molecule has 4 heterocycles. The molecule has 0 aliphatic carbocycles. The van der Waals surface area contributed by atoms with Gasteiger partial charge in [0.2, 0.25) is 14.3 Å². The Morgan fingerprint density at radius 3 is 2.65 bits per heavy atom. The molecule has 54 heavy (non-hydrogen) atoms. The van der Waals surface area contributed by atoms with Crippen LogP contribution in [0.4, 0.5) is 15.5 Å². The van der Waals surface area contributed by atoms with Crippen LogP contribution in [-0.4, -0.2) is 72.7 Å². The van der Waals surface area contributed by atoms with Gasteiger partial charge in [-0.05, 0) is 96.3 Å². The fraction of sp³-hybridized carbons (Fsp3) is 0.524. The van der Waals surface area contributed by atoms with Gasteiger partial charge in [0.05, 0.1) is 35.9 Å². The van der Waals surface area contributed by atoms with Gasteiger partial charge < -0.3 is 29.5 Å². The number of carbonyl (C=O) groups excluding carboxylic acids is 2. The normalized spacial score (nSPS) is 24.9. The molecule has 2 unspecified atom stereocenters. The quantitative estimate of drug-likeness (QED) is 0.0901. The van der Waals surface area contributed by atoms with Crippen molar-refractivity contribution in [2.75, 3.05) is 36.5 Å². The third kappa shape index (κ3) is 8.31. The first-order valence-electron chi connectivity index (χ1n) is 19.5. The van der Waals surface area contributed by atoms with Gasteiger partial charge in [-0.25, -0.2) is 0 Å². The van der Waals surface area contributed by atoms with Gasteiger partial charge in [-0.2, -0.15) is 0 Å². The number of amides is 2. The lowest BCUT2D eigenvalue weighted by Gasteiger charge is -2.31. The fourth-order valence-electron chi connectivity index (χ4n) is 8.73. The minimum absolute atomic E-state index is 0.0522. The van der Waals surface area contributed by atoms with Gasteiger partial charge in [0, 0.05) is 48.5 Å². The third-order valence-corrected chi connectivity index (χ3v) is 14.0. The van der Waals surface area contributed by atoms with Crippen molar-refractivity contribution in [2.24, 2.45) is 11.8 Å². The van der Waals surface area contributed by atoms with Gasteiger partial charge in [-0.15, -0.1) is 5.10 Å². The number of hydrogen-bond donors (Lipinski definition) is 3. The smallest absolute Gasteiger partial charge is 0.264 e. The van der Waals surface area contributed by atoms with Crippen molar-refractivity contribution in [1.29, 1.82) is 0 Å². The van der Waals surface area contributed by atoms with Crippen LogP contribution in [0.2, 0.25) is 18.6 Å². The number of nitrogens with one attached hydrogen (secondary N) is 2. The summed E-state index contributed by atoms with van der Waals surface area (Å²) in [5.74, 6) is -1.16. The average molecular weight is 757 g/mol. The molecule has 3 aliphatic rings. The van der Waals surface area contributed by atoms with Crippen LogP contribution in [0.25, 0.3) is 0 Å². The molecule has 3 aliphatic heterocycles. The molecule has 0 radical (unpaired) electrons. The zero-order valence-electron chi connectivity index (χ0n) is 32.6. The molecule has 3 N–H and O–H groups in total. The van der Waals surface area contributed by atoms with E-state index < -0.39 is 31.6 Å². The predicted octanol–water partition coefficient (Wildman–Crippen LogP) is 7.25. The van der Waals surface area contributed by atoms with Crippen LogP contribution in [0.3, 0.4) is 0 Å². The second-order valence-corrected chi connectivity index (χ2v) is 20.0. The molecular formula is C42H57FN6O4Si. The van der Waals surface area contributed by atoms with Crippen molar-refractivity contribution in [1.82, 2.24) is 20.3 Å². The highest BCUT2D eigenvalue weighted by Crippen LogP contribution is 2.60. The van der Waals surface area contributed by atoms with E-state index >= 15 is 4.11 Å². The Balaban J connectivity index is 1.30. The van der Waals surface area contributed by atoms with Crippen LogP contribution in [-0.2, 0) is 26.5 Å². The molecule has 1 aromatic heterocycles. The number of rotatable bonds is 14. The number of anilines is 2. The molecule has 0 bridgehead atoms. The van der Waals surface area contributed by atoms with E-state index in [0.29, 0.717) is 43.0 Å². The highest BCUT2D eigenvalue weighted by atomic mass is 28.4. The van der Waals surface area contributed by atoms with E-state index in [-0.39, 0.29) is 30.3 Å². The van der Waals surface area contributed by atoms with Crippen LogP contribution in [0, 0.1) is 11.8 Å². The van der Waals surface area contributed by atoms with E-state index in [0.717, 1.165) is 43.5 Å². The summed E-state index contributed by atoms with van der Waals surface area (Å²) < 4.78 is 25.3. The summed E-state index contributed by atoms with van der Waals surface area (Å²) in [4.78, 5) is 30.1. The number of halogens is 1. The summed E-state index contributed by atoms with van der Waals surface area (Å²) in [6.45, 7) is 13.8. The Kier molecular flexibility index (Phi) is 12.4. The zero-order chi connectivity index (χ0) is 38.6. The number of aliphatic hydroxyl groups excluding tert-OH is 1. The van der Waals surface area contributed by atoms with Crippen LogP contribution < -0.4 is 15.5 Å². The number of ether oxygens (including phenoxy) is 1. The van der Waals surface area contributed by atoms with Crippen LogP contribution in [0.5, 0.6) is 0 Å². The van der Waals surface area contributed by atoms with E-state index in [4.69, 9.17) is 4.74 Å². The van der Waals surface area contributed by atoms with E-state index in [1.165, 1.54) is 11.1 Å². The van der Waals surface area contributed by atoms with Crippen molar-refractivity contribution in [3.63, 3.8) is 0 Å². The largest absolute Gasteiger partial charge is 0.395 e. The lowest BCUT2D eigenvalue weighted by atomic mass is 9.82. The minimum Gasteiger partial charge on any atom is -0.395 e. The molecule has 2 aromatic carbocycles. The maximum atomic E-state index is 16.6. The third-order valence-electron chi connectivity index (χ3n) is 11.6. The molecule has 12 heteroatoms. The van der Waals surface area contributed by atoms with Crippen molar-refractivity contribution in [3.05, 3.63) is 94.8 Å². The Bertz CT molecular complexity index is 1850. The Morgan fingerprint density at radius 1 is 1.19 bits per heavy atom. The SMILES string of the molecule is CC(C)=CCC/C(C)=C/CN1C(=O)[C@]2(O[C@H](CCn3cc(C(CO)c4ccccc4)nn3)[C@@H]([Si](C)(C)F)[C@@H]2C)c2cc(NC(=O)C3CCCNC3)ccc21. The summed E-state index contributed by atoms with van der Waals surface area (Å²) >= 11 is 0. The molecule has 6 rings (SSSR count). The Hall–Kier alpha value is -3.97. The lowest BCUT2D eigenvalue weighted by molar-refractivity contribution is -0.145. The summed E-state index contributed by atoms with van der Waals surface area (Å²) in [5, 5.41) is 25.4. The maximum absolute atomic E-state index is 16.6. The second-order valence-electron chi connectivity index (χ2n) is 16.2. The molecule has 1 spiro atoms. The van der Waals surface area contributed by atoms with Gasteiger partial charge in [0.15, 0.2) is 5.60 Å². The summed E-state index contributed by atoms with van der Waals surface area (Å²) in [7, 11) is -3.41. The number of carbonyl (C=O) groups is 2. The number of hydrogen-bond acceptors (Lipinski definition) is 7. The van der Waals surface area contributed by atoms with E-state index in [1.54, 1.807) is 22.7 Å². The fourth-order valence-corrected chi connectivity index (χ4v) is 11.3. The van der Waals surface area contributed by atoms with Gasteiger partial charge in [0.25, 0.3) is 5.91 Å². The molecule has 290 valence electrons. The van der Waals surface area contributed by atoms with Gasteiger partial charge in [0.1, 0.15) is 0 Å². The molecule has 10 nitrogen and oxygen atoms in total. The second kappa shape index (κ2) is 16.8. The van der Waals surface area contributed by atoms with E-state index in [2.05, 4.69) is 53.9 Å². The Morgan fingerprint density at radius 2 is 1.96 bits per heavy atom. The Labute approximate surface area is 320 Å². The van der Waals surface area contributed by atoms with Crippen LogP contribution in [0.15, 0.2) is 78.0 Å². The summed E-state index contributed by atoms with van der Waals surface area (Å²) in [6.07, 6.45) is 9.59. The van der Waals surface area contributed by atoms with E-state index in [9.17, 15) is 14.7 Å². The standard InChI is InChI=1S/C42H57FN6O4Si/c1-28(2)12-10-13-29(3)19-23-49-37-18-17-33(45-40(51)32-16-11-21-44-25-32)24-35(37)42(41(49)52)30(4)39(54(5,6)43)38(53-42)20-22-48-26-36(46-47-48)34(27-50)31-14-8-7-9-15-31/h7-9,12,14-15,17-19,24,26,30,32,34,38-39,44,50H,10-11,13,16,20-23,25,27H2,1-6H3,(H,45,51)/b29-19+/t30-,32?,34?,38+,39-,42+/m0/s1. The monoisotopic (exact) mass is 756 g/mol. The number of fused-ring (bicyclic) bond motifs is 2. The summed E-state index contributed by atoms with van der Waals surface area (Å²) in [6, 6.07) is 15.3. The van der Waals surface area contributed by atoms with Gasteiger partial charge in [-0.1, -0.05) is 65.8 Å². The van der Waals surface area contributed by atoms with Crippen molar-refractivity contribution in [2.45, 2.75) is 103 Å². The average Bonchev–Trinajstić information content (AvgIpc) is 3.80. The number of aryl methyl sites for hydroxylation is 1. The van der Waals surface area contributed by atoms with Crippen LogP contribution >= 0.6 is 0 Å². The summed E-state index contributed by atoms with van der Waals surface area (Å²) in [5.41, 5.74) is 4.16. The number of aliphatic hydroxyl groups is 1. The highest BCUT2D eigenvalue weighted by molar-refractivity contribution is 6.72. The highest BCUT2D eigenvalue weighted by Gasteiger charge is 2.66. The molecule has 2 fully saturated rings. The zero-order valence-corrected chi connectivity index (χ0v) is 33.6. The first-order valence-corrected chi connectivity index (χ1v) is 22.5.